The van der Waals surface area contributed by atoms with Crippen LogP contribution in [0.15, 0.2) is 53.8 Å². The van der Waals surface area contributed by atoms with E-state index in [2.05, 4.69) is 5.32 Å². The van der Waals surface area contributed by atoms with Gasteiger partial charge in [0.25, 0.3) is 11.8 Å². The number of carbonyl (C=O) groups excluding carboxylic acids is 2. The van der Waals surface area contributed by atoms with Gasteiger partial charge in [0.05, 0.1) is 17.2 Å². The van der Waals surface area contributed by atoms with Crippen LogP contribution in [0, 0.1) is 0 Å². The topological polar surface area (TPSA) is 78.9 Å². The van der Waals surface area contributed by atoms with Gasteiger partial charge in [-0.1, -0.05) is 41.4 Å². The minimum Gasteiger partial charge on any atom is -0.503 e. The van der Waals surface area contributed by atoms with Crippen molar-refractivity contribution in [3.63, 3.8) is 0 Å². The van der Waals surface area contributed by atoms with Gasteiger partial charge in [-0.05, 0) is 48.7 Å². The van der Waals surface area contributed by atoms with Gasteiger partial charge in [-0.25, -0.2) is 0 Å². The summed E-state index contributed by atoms with van der Waals surface area (Å²) in [6.07, 6.45) is -4.44. The number of carbonyl (C=O) groups is 2. The summed E-state index contributed by atoms with van der Waals surface area (Å²) >= 11 is 11.9. The van der Waals surface area contributed by atoms with E-state index in [4.69, 9.17) is 27.9 Å². The zero-order valence-electron chi connectivity index (χ0n) is 18.7. The predicted molar refractivity (Wildman–Crippen MR) is 125 cm³/mol. The van der Waals surface area contributed by atoms with E-state index < -0.39 is 40.9 Å². The van der Waals surface area contributed by atoms with E-state index in [-0.39, 0.29) is 25.3 Å². The molecular formula is C24H23Cl2F3N2O4. The predicted octanol–water partition coefficient (Wildman–Crippen LogP) is 5.45. The molecule has 0 aliphatic carbocycles. The molecule has 0 spiro atoms. The third-order valence-corrected chi connectivity index (χ3v) is 5.81. The first-order valence-electron chi connectivity index (χ1n) is 10.8. The Bertz CT molecular complexity index is 1120. The minimum absolute atomic E-state index is 0.0273. The molecule has 0 aromatic heterocycles. The molecule has 0 saturated carbocycles. The Hall–Kier alpha value is -2.75. The molecule has 11 heteroatoms. The van der Waals surface area contributed by atoms with Crippen LogP contribution in [0.2, 0.25) is 10.0 Å². The van der Waals surface area contributed by atoms with Crippen LogP contribution in [0.1, 0.15) is 36.1 Å². The van der Waals surface area contributed by atoms with Crippen molar-refractivity contribution in [1.29, 1.82) is 0 Å². The lowest BCUT2D eigenvalue weighted by molar-refractivity contribution is -0.140. The molecule has 2 amide bonds. The molecule has 6 nitrogen and oxygen atoms in total. The number of rotatable bonds is 9. The molecule has 3 rings (SSSR count). The molecule has 2 aromatic carbocycles. The van der Waals surface area contributed by atoms with Crippen LogP contribution >= 0.6 is 23.2 Å². The van der Waals surface area contributed by atoms with Crippen LogP contribution in [-0.2, 0) is 27.0 Å². The second-order valence-electron chi connectivity index (χ2n) is 7.76. The summed E-state index contributed by atoms with van der Waals surface area (Å²) in [4.78, 5) is 27.1. The quantitative estimate of drug-likeness (QED) is 0.422. The molecular weight excluding hydrogens is 508 g/mol. The van der Waals surface area contributed by atoms with Crippen molar-refractivity contribution in [2.75, 3.05) is 19.8 Å². The standard InChI is InChI=1S/C24H23Cl2F3N2O4/c1-2-35-9-5-8-31-20(17-6-3-4-7-18(17)24(27,28)29)19(21(32)23(31)34)22(33)30-13-14-10-15(25)12-16(26)11-14/h3-4,6-7,10-12,20,32H,2,5,8-9,13H2,1H3,(H,30,33). The van der Waals surface area contributed by atoms with Gasteiger partial charge in [-0.3, -0.25) is 9.59 Å². The van der Waals surface area contributed by atoms with Crippen molar-refractivity contribution in [3.05, 3.63) is 80.5 Å². The fourth-order valence-electron chi connectivity index (χ4n) is 3.91. The summed E-state index contributed by atoms with van der Waals surface area (Å²) in [5.74, 6) is -2.72. The highest BCUT2D eigenvalue weighted by Gasteiger charge is 2.46. The SMILES string of the molecule is CCOCCCN1C(=O)C(O)=C(C(=O)NCc2cc(Cl)cc(Cl)c2)C1c1ccccc1C(F)(F)F. The van der Waals surface area contributed by atoms with Crippen LogP contribution in [-0.4, -0.2) is 41.6 Å². The number of hydrogen-bond donors (Lipinski definition) is 2. The lowest BCUT2D eigenvalue weighted by atomic mass is 9.93. The van der Waals surface area contributed by atoms with E-state index in [0.29, 0.717) is 28.6 Å². The third-order valence-electron chi connectivity index (χ3n) is 5.38. The van der Waals surface area contributed by atoms with Crippen molar-refractivity contribution >= 4 is 35.0 Å². The molecule has 1 aliphatic heterocycles. The molecule has 188 valence electrons. The number of hydrogen-bond acceptors (Lipinski definition) is 4. The molecule has 2 N–H and O–H groups in total. The van der Waals surface area contributed by atoms with Crippen LogP contribution in [0.4, 0.5) is 13.2 Å². The first kappa shape index (κ1) is 26.8. The highest BCUT2D eigenvalue weighted by atomic mass is 35.5. The fourth-order valence-corrected chi connectivity index (χ4v) is 4.48. The van der Waals surface area contributed by atoms with E-state index >= 15 is 0 Å². The molecule has 0 saturated heterocycles. The van der Waals surface area contributed by atoms with E-state index in [1.165, 1.54) is 24.3 Å². The normalized spacial score (nSPS) is 16.2. The number of halogens is 5. The number of aliphatic hydroxyl groups excluding tert-OH is 1. The lowest BCUT2D eigenvalue weighted by Crippen LogP contribution is -2.35. The summed E-state index contributed by atoms with van der Waals surface area (Å²) in [7, 11) is 0. The van der Waals surface area contributed by atoms with Crippen LogP contribution in [0.5, 0.6) is 0 Å². The number of benzene rings is 2. The second kappa shape index (κ2) is 11.3. The average molecular weight is 531 g/mol. The zero-order valence-corrected chi connectivity index (χ0v) is 20.2. The van der Waals surface area contributed by atoms with Crippen LogP contribution < -0.4 is 5.32 Å². The number of alkyl halides is 3. The minimum atomic E-state index is -4.74. The third kappa shape index (κ3) is 6.28. The summed E-state index contributed by atoms with van der Waals surface area (Å²) in [5, 5.41) is 13.8. The molecule has 35 heavy (non-hydrogen) atoms. The van der Waals surface area contributed by atoms with Crippen molar-refractivity contribution < 1.29 is 32.6 Å². The summed E-state index contributed by atoms with van der Waals surface area (Å²) < 4.78 is 46.7. The maximum Gasteiger partial charge on any atom is 0.416 e. The van der Waals surface area contributed by atoms with Gasteiger partial charge in [-0.15, -0.1) is 0 Å². The van der Waals surface area contributed by atoms with E-state index in [1.807, 2.05) is 0 Å². The molecule has 0 bridgehead atoms. The Morgan fingerprint density at radius 2 is 1.83 bits per heavy atom. The van der Waals surface area contributed by atoms with Crippen LogP contribution in [0.3, 0.4) is 0 Å². The molecule has 1 aliphatic rings. The van der Waals surface area contributed by atoms with E-state index in [9.17, 15) is 27.9 Å². The largest absolute Gasteiger partial charge is 0.503 e. The van der Waals surface area contributed by atoms with Crippen LogP contribution in [0.25, 0.3) is 0 Å². The number of nitrogens with one attached hydrogen (secondary N) is 1. The zero-order chi connectivity index (χ0) is 25.8. The lowest BCUT2D eigenvalue weighted by Gasteiger charge is -2.29. The first-order valence-corrected chi connectivity index (χ1v) is 11.5. The van der Waals surface area contributed by atoms with Crippen molar-refractivity contribution in [1.82, 2.24) is 10.2 Å². The Kier molecular flexibility index (Phi) is 8.69. The Morgan fingerprint density at radius 1 is 1.17 bits per heavy atom. The van der Waals surface area contributed by atoms with Gasteiger partial charge in [0, 0.05) is 36.3 Å². The summed E-state index contributed by atoms with van der Waals surface area (Å²) in [5.41, 5.74) is -1.25. The van der Waals surface area contributed by atoms with E-state index in [0.717, 1.165) is 11.0 Å². The Labute approximate surface area is 210 Å². The fraction of sp³-hybridized carbons (Fsp3) is 0.333. The number of nitrogens with zero attached hydrogens (tertiary/aromatic N) is 1. The number of aliphatic hydroxyl groups is 1. The number of ether oxygens (including phenoxy) is 1. The highest BCUT2D eigenvalue weighted by Crippen LogP contribution is 2.43. The van der Waals surface area contributed by atoms with Gasteiger partial charge in [-0.2, -0.15) is 13.2 Å². The van der Waals surface area contributed by atoms with Crippen molar-refractivity contribution in [2.24, 2.45) is 0 Å². The molecule has 1 unspecified atom stereocenters. The van der Waals surface area contributed by atoms with E-state index in [1.54, 1.807) is 19.1 Å². The number of amides is 2. The summed E-state index contributed by atoms with van der Waals surface area (Å²) in [6.45, 7) is 2.36. The van der Waals surface area contributed by atoms with Crippen molar-refractivity contribution in [2.45, 2.75) is 32.1 Å². The van der Waals surface area contributed by atoms with Gasteiger partial charge in [0.1, 0.15) is 0 Å². The van der Waals surface area contributed by atoms with Crippen molar-refractivity contribution in [3.8, 4) is 0 Å². The smallest absolute Gasteiger partial charge is 0.416 e. The maximum atomic E-state index is 13.8. The van der Waals surface area contributed by atoms with Gasteiger partial charge in [0.15, 0.2) is 5.76 Å². The monoisotopic (exact) mass is 530 g/mol. The summed E-state index contributed by atoms with van der Waals surface area (Å²) in [6, 6.07) is 7.83. The molecule has 1 heterocycles. The Balaban J connectivity index is 1.97. The molecule has 0 radical (unpaired) electrons. The average Bonchev–Trinajstić information content (AvgIpc) is 3.04. The Morgan fingerprint density at radius 3 is 2.46 bits per heavy atom. The van der Waals surface area contributed by atoms with Gasteiger partial charge in [0.2, 0.25) is 0 Å². The molecule has 0 fully saturated rings. The first-order chi connectivity index (χ1) is 16.5. The highest BCUT2D eigenvalue weighted by molar-refractivity contribution is 6.34. The van der Waals surface area contributed by atoms with Gasteiger partial charge < -0.3 is 20.1 Å². The molecule has 2 aromatic rings. The second-order valence-corrected chi connectivity index (χ2v) is 8.63. The molecule has 1 atom stereocenters. The maximum absolute atomic E-state index is 13.8. The van der Waals surface area contributed by atoms with Gasteiger partial charge >= 0.3 is 6.18 Å².